The summed E-state index contributed by atoms with van der Waals surface area (Å²) >= 11 is 0. The Hall–Kier alpha value is -1.69. The molecule has 0 amide bonds. The van der Waals surface area contributed by atoms with Gasteiger partial charge in [0.25, 0.3) is 0 Å². The molecule has 0 radical (unpaired) electrons. The molecule has 0 aromatic rings. The van der Waals surface area contributed by atoms with Gasteiger partial charge in [-0.25, -0.2) is 0 Å². The highest BCUT2D eigenvalue weighted by molar-refractivity contribution is 5.77. The SMILES string of the molecule is C=C(/C=C/[C@@H](O)C(C)(C)C(=O)OCC)[C@H]1CC[C@H]2/C(=C/C=C3C[C@@H](O)C[C@H](O)C3)CCC[C@]12C. The van der Waals surface area contributed by atoms with Crippen LogP contribution in [0, 0.1) is 22.7 Å². The third kappa shape index (κ3) is 5.75. The first-order valence-corrected chi connectivity index (χ1v) is 13.0. The maximum absolute atomic E-state index is 12.2. The largest absolute Gasteiger partial charge is 0.465 e. The predicted octanol–water partition coefficient (Wildman–Crippen LogP) is 5.02. The third-order valence-electron chi connectivity index (χ3n) is 8.52. The van der Waals surface area contributed by atoms with Crippen LogP contribution in [0.15, 0.2) is 47.6 Å². The highest BCUT2D eigenvalue weighted by Gasteiger charge is 2.49. The Morgan fingerprint density at radius 1 is 1.24 bits per heavy atom. The summed E-state index contributed by atoms with van der Waals surface area (Å²) in [6.07, 6.45) is 13.5. The summed E-state index contributed by atoms with van der Waals surface area (Å²) in [5.74, 6) is 0.425. The molecule has 0 saturated heterocycles. The van der Waals surface area contributed by atoms with E-state index in [4.69, 9.17) is 4.74 Å². The molecule has 3 aliphatic rings. The van der Waals surface area contributed by atoms with Crippen LogP contribution in [0.4, 0.5) is 0 Å². The minimum atomic E-state index is -1.01. The second-order valence-corrected chi connectivity index (χ2v) is 11.4. The van der Waals surface area contributed by atoms with E-state index in [0.29, 0.717) is 37.7 Å². The number of ether oxygens (including phenoxy) is 1. The third-order valence-corrected chi connectivity index (χ3v) is 8.52. The van der Waals surface area contributed by atoms with Crippen molar-refractivity contribution in [2.24, 2.45) is 22.7 Å². The normalized spacial score (nSPS) is 34.2. The van der Waals surface area contributed by atoms with Gasteiger partial charge in [-0.3, -0.25) is 4.79 Å². The Morgan fingerprint density at radius 3 is 2.56 bits per heavy atom. The lowest BCUT2D eigenvalue weighted by Crippen LogP contribution is -2.37. The number of rotatable bonds is 7. The molecule has 0 aromatic carbocycles. The van der Waals surface area contributed by atoms with Crippen molar-refractivity contribution in [3.8, 4) is 0 Å². The lowest BCUT2D eigenvalue weighted by molar-refractivity contribution is -0.158. The summed E-state index contributed by atoms with van der Waals surface area (Å²) in [6.45, 7) is 12.2. The van der Waals surface area contributed by atoms with E-state index < -0.39 is 29.7 Å². The van der Waals surface area contributed by atoms with Crippen LogP contribution in [0.1, 0.15) is 79.1 Å². The van der Waals surface area contributed by atoms with E-state index in [9.17, 15) is 20.1 Å². The second kappa shape index (κ2) is 10.9. The molecular weight excluding hydrogens is 428 g/mol. The van der Waals surface area contributed by atoms with Gasteiger partial charge in [-0.15, -0.1) is 0 Å². The molecule has 0 heterocycles. The molecule has 3 N–H and O–H groups in total. The monoisotopic (exact) mass is 472 g/mol. The summed E-state index contributed by atoms with van der Waals surface area (Å²) in [6, 6.07) is 0. The van der Waals surface area contributed by atoms with Gasteiger partial charge in [-0.05, 0) is 89.4 Å². The van der Waals surface area contributed by atoms with Crippen LogP contribution in [0.5, 0.6) is 0 Å². The second-order valence-electron chi connectivity index (χ2n) is 11.4. The number of aliphatic hydroxyl groups excluding tert-OH is 3. The van der Waals surface area contributed by atoms with Crippen LogP contribution in [0.3, 0.4) is 0 Å². The van der Waals surface area contributed by atoms with Crippen molar-refractivity contribution in [2.45, 2.75) is 97.4 Å². The lowest BCUT2D eigenvalue weighted by Gasteiger charge is -2.42. The molecule has 5 nitrogen and oxygen atoms in total. The summed E-state index contributed by atoms with van der Waals surface area (Å²) in [7, 11) is 0. The molecule has 5 heteroatoms. The average molecular weight is 473 g/mol. The van der Waals surface area contributed by atoms with Crippen LogP contribution in [0.25, 0.3) is 0 Å². The number of hydrogen-bond acceptors (Lipinski definition) is 5. The summed E-state index contributed by atoms with van der Waals surface area (Å²) in [5, 5.41) is 30.6. The van der Waals surface area contributed by atoms with E-state index in [1.807, 2.05) is 6.08 Å². The van der Waals surface area contributed by atoms with Gasteiger partial charge in [0.2, 0.25) is 0 Å². The molecule has 3 rings (SSSR count). The van der Waals surface area contributed by atoms with Gasteiger partial charge in [0.15, 0.2) is 0 Å². The zero-order valence-electron chi connectivity index (χ0n) is 21.4. The smallest absolute Gasteiger partial charge is 0.314 e. The van der Waals surface area contributed by atoms with E-state index in [1.165, 1.54) is 5.57 Å². The van der Waals surface area contributed by atoms with Gasteiger partial charge in [-0.2, -0.15) is 0 Å². The van der Waals surface area contributed by atoms with Gasteiger partial charge in [-0.1, -0.05) is 54.5 Å². The molecule has 3 saturated carbocycles. The molecule has 0 aliphatic heterocycles. The fraction of sp³-hybridized carbons (Fsp3) is 0.690. The molecule has 190 valence electrons. The quantitative estimate of drug-likeness (QED) is 0.358. The molecule has 3 fully saturated rings. The Bertz CT molecular complexity index is 839. The highest BCUT2D eigenvalue weighted by atomic mass is 16.5. The lowest BCUT2D eigenvalue weighted by atomic mass is 9.62. The number of esters is 1. The maximum Gasteiger partial charge on any atom is 0.314 e. The van der Waals surface area contributed by atoms with Crippen molar-refractivity contribution in [3.63, 3.8) is 0 Å². The first-order chi connectivity index (χ1) is 16.0. The van der Waals surface area contributed by atoms with Gasteiger partial charge in [0.1, 0.15) is 0 Å². The molecular formula is C29H44O5. The number of aliphatic hydroxyl groups is 3. The molecule has 0 aromatic heterocycles. The predicted molar refractivity (Wildman–Crippen MR) is 135 cm³/mol. The van der Waals surface area contributed by atoms with Crippen molar-refractivity contribution in [1.29, 1.82) is 0 Å². The molecule has 0 unspecified atom stereocenters. The summed E-state index contributed by atoms with van der Waals surface area (Å²) < 4.78 is 5.12. The van der Waals surface area contributed by atoms with E-state index in [-0.39, 0.29) is 5.41 Å². The standard InChI is InChI=1S/C29H44O5/c1-6-34-27(33)28(3,4)26(32)14-9-19(2)24-12-13-25-21(8-7-15-29(24,25)5)11-10-20-16-22(30)18-23(31)17-20/h9-11,14,22-26,30-32H,2,6-8,12-13,15-18H2,1,3-5H3/b14-9+,21-11+/t22-,23-,24-,25+,26-,29-/m1/s1. The number of allylic oxidation sites excluding steroid dienone is 5. The van der Waals surface area contributed by atoms with E-state index in [2.05, 4.69) is 25.7 Å². The van der Waals surface area contributed by atoms with Gasteiger partial charge >= 0.3 is 5.97 Å². The van der Waals surface area contributed by atoms with Crippen molar-refractivity contribution in [1.82, 2.24) is 0 Å². The highest BCUT2D eigenvalue weighted by Crippen LogP contribution is 2.59. The zero-order valence-corrected chi connectivity index (χ0v) is 21.4. The summed E-state index contributed by atoms with van der Waals surface area (Å²) in [5.41, 5.74) is 2.73. The molecule has 0 bridgehead atoms. The first-order valence-electron chi connectivity index (χ1n) is 13.0. The Balaban J connectivity index is 1.71. The fourth-order valence-electron chi connectivity index (χ4n) is 6.39. The summed E-state index contributed by atoms with van der Waals surface area (Å²) in [4.78, 5) is 12.2. The van der Waals surface area contributed by atoms with Crippen molar-refractivity contribution in [2.75, 3.05) is 6.61 Å². The van der Waals surface area contributed by atoms with E-state index >= 15 is 0 Å². The Labute approximate surface area is 205 Å². The Morgan fingerprint density at radius 2 is 1.91 bits per heavy atom. The van der Waals surface area contributed by atoms with Gasteiger partial charge in [0, 0.05) is 0 Å². The average Bonchev–Trinajstić information content (AvgIpc) is 3.12. The molecule has 6 atom stereocenters. The minimum Gasteiger partial charge on any atom is -0.465 e. The maximum atomic E-state index is 12.2. The van der Waals surface area contributed by atoms with Gasteiger partial charge in [0.05, 0.1) is 30.3 Å². The first kappa shape index (κ1) is 26.9. The van der Waals surface area contributed by atoms with E-state index in [0.717, 1.165) is 43.3 Å². The van der Waals surface area contributed by atoms with Crippen molar-refractivity contribution in [3.05, 3.63) is 47.6 Å². The minimum absolute atomic E-state index is 0.122. The van der Waals surface area contributed by atoms with Crippen LogP contribution >= 0.6 is 0 Å². The molecule has 34 heavy (non-hydrogen) atoms. The topological polar surface area (TPSA) is 87.0 Å². The van der Waals surface area contributed by atoms with Gasteiger partial charge < -0.3 is 20.1 Å². The van der Waals surface area contributed by atoms with Crippen LogP contribution in [-0.4, -0.2) is 46.2 Å². The number of carbonyl (C=O) groups excluding carboxylic acids is 1. The number of fused-ring (bicyclic) bond motifs is 1. The van der Waals surface area contributed by atoms with Crippen LogP contribution in [-0.2, 0) is 9.53 Å². The van der Waals surface area contributed by atoms with Crippen LogP contribution < -0.4 is 0 Å². The fourth-order valence-corrected chi connectivity index (χ4v) is 6.39. The van der Waals surface area contributed by atoms with Crippen LogP contribution in [0.2, 0.25) is 0 Å². The molecule has 3 aliphatic carbocycles. The molecule has 0 spiro atoms. The number of carbonyl (C=O) groups is 1. The zero-order chi connectivity index (χ0) is 25.1. The van der Waals surface area contributed by atoms with Crippen molar-refractivity contribution < 1.29 is 24.9 Å². The number of hydrogen-bond donors (Lipinski definition) is 3. The van der Waals surface area contributed by atoms with E-state index in [1.54, 1.807) is 26.8 Å². The van der Waals surface area contributed by atoms with Crippen molar-refractivity contribution >= 4 is 5.97 Å². The Kier molecular flexibility index (Phi) is 8.65.